The molecule has 0 atom stereocenters. The number of benzene rings is 1. The third-order valence-electron chi connectivity index (χ3n) is 4.34. The number of hydrogen-bond acceptors (Lipinski definition) is 6. The highest BCUT2D eigenvalue weighted by Crippen LogP contribution is 2.20. The topological polar surface area (TPSA) is 49.0 Å². The van der Waals surface area contributed by atoms with Crippen LogP contribution in [0.1, 0.15) is 0 Å². The molecular formula is C18H28N4O2. The van der Waals surface area contributed by atoms with Gasteiger partial charge in [-0.05, 0) is 12.1 Å². The molecule has 1 saturated heterocycles. The molecule has 0 aromatic heterocycles. The average Bonchev–Trinajstić information content (AvgIpc) is 2.60. The third kappa shape index (κ3) is 5.40. The predicted molar refractivity (Wildman–Crippen MR) is 97.3 cm³/mol. The van der Waals surface area contributed by atoms with Gasteiger partial charge in [-0.1, -0.05) is 12.1 Å². The van der Waals surface area contributed by atoms with E-state index in [1.165, 1.54) is 0 Å². The Morgan fingerprint density at radius 3 is 2.21 bits per heavy atom. The van der Waals surface area contributed by atoms with Crippen LogP contribution in [0.25, 0.3) is 0 Å². The Morgan fingerprint density at radius 1 is 0.792 bits per heavy atom. The van der Waals surface area contributed by atoms with Crippen molar-refractivity contribution in [1.82, 2.24) is 9.80 Å². The Balaban J connectivity index is 1.77. The molecule has 1 aromatic carbocycles. The first-order valence-electron chi connectivity index (χ1n) is 8.80. The first kappa shape index (κ1) is 17.1. The molecule has 3 aliphatic heterocycles. The quantitative estimate of drug-likeness (QED) is 0.753. The SMILES string of the molecule is C1=C\N2CCOCCN(CCNc3ccccc3N/1)CCOCC2. The zero-order valence-corrected chi connectivity index (χ0v) is 14.2. The second-order valence-corrected chi connectivity index (χ2v) is 6.03. The molecule has 1 fully saturated rings. The van der Waals surface area contributed by atoms with Crippen molar-refractivity contribution in [3.63, 3.8) is 0 Å². The molecule has 6 heteroatoms. The lowest BCUT2D eigenvalue weighted by Gasteiger charge is -2.25. The number of rotatable bonds is 0. The van der Waals surface area contributed by atoms with Crippen LogP contribution in [0.3, 0.4) is 0 Å². The maximum absolute atomic E-state index is 5.81. The van der Waals surface area contributed by atoms with Crippen molar-refractivity contribution < 1.29 is 9.47 Å². The monoisotopic (exact) mass is 332 g/mol. The van der Waals surface area contributed by atoms with Gasteiger partial charge in [0.2, 0.25) is 0 Å². The number of para-hydroxylation sites is 2. The summed E-state index contributed by atoms with van der Waals surface area (Å²) in [6.07, 6.45) is 4.08. The van der Waals surface area contributed by atoms with E-state index < -0.39 is 0 Å². The summed E-state index contributed by atoms with van der Waals surface area (Å²) in [7, 11) is 0. The molecule has 24 heavy (non-hydrogen) atoms. The van der Waals surface area contributed by atoms with E-state index in [9.17, 15) is 0 Å². The zero-order valence-electron chi connectivity index (χ0n) is 14.2. The molecule has 3 heterocycles. The molecule has 132 valence electrons. The molecule has 0 aliphatic carbocycles. The van der Waals surface area contributed by atoms with Gasteiger partial charge in [-0.25, -0.2) is 0 Å². The number of hydrogen-bond donors (Lipinski definition) is 2. The lowest BCUT2D eigenvalue weighted by atomic mass is 10.2. The molecule has 2 N–H and O–H groups in total. The molecule has 4 rings (SSSR count). The largest absolute Gasteiger partial charge is 0.382 e. The van der Waals surface area contributed by atoms with Crippen LogP contribution in [0.4, 0.5) is 11.4 Å². The van der Waals surface area contributed by atoms with Crippen LogP contribution in [0, 0.1) is 0 Å². The fourth-order valence-corrected chi connectivity index (χ4v) is 2.90. The smallest absolute Gasteiger partial charge is 0.0642 e. The number of nitrogens with one attached hydrogen (secondary N) is 2. The van der Waals surface area contributed by atoms with E-state index >= 15 is 0 Å². The predicted octanol–water partition coefficient (Wildman–Crippen LogP) is 1.65. The van der Waals surface area contributed by atoms with E-state index in [0.29, 0.717) is 0 Å². The highest BCUT2D eigenvalue weighted by molar-refractivity contribution is 5.69. The van der Waals surface area contributed by atoms with Crippen LogP contribution < -0.4 is 10.6 Å². The minimum absolute atomic E-state index is 0.743. The first-order valence-corrected chi connectivity index (χ1v) is 8.80. The molecule has 2 bridgehead atoms. The molecule has 0 spiro atoms. The summed E-state index contributed by atoms with van der Waals surface area (Å²) in [5, 5.41) is 6.92. The van der Waals surface area contributed by atoms with Gasteiger partial charge in [-0.3, -0.25) is 4.90 Å². The fourth-order valence-electron chi connectivity index (χ4n) is 2.90. The molecule has 0 radical (unpaired) electrons. The lowest BCUT2D eigenvalue weighted by molar-refractivity contribution is 0.0490. The van der Waals surface area contributed by atoms with Crippen LogP contribution in [-0.4, -0.2) is 75.5 Å². The highest BCUT2D eigenvalue weighted by atomic mass is 16.5. The standard InChI is InChI=1S/C18H28N4O2/c1-2-4-18-17(3-1)19-5-7-21-9-13-23-15-11-22(8-6-20-18)12-16-24-14-10-21/h1-5,7,19-20H,6,8-16H2/b7-5-. The fraction of sp³-hybridized carbons (Fsp3) is 0.556. The first-order chi connectivity index (χ1) is 11.9. The van der Waals surface area contributed by atoms with Gasteiger partial charge >= 0.3 is 0 Å². The van der Waals surface area contributed by atoms with Crippen LogP contribution in [0.15, 0.2) is 36.7 Å². The zero-order chi connectivity index (χ0) is 16.5. The van der Waals surface area contributed by atoms with E-state index in [4.69, 9.17) is 9.47 Å². The van der Waals surface area contributed by atoms with Crippen molar-refractivity contribution in [2.24, 2.45) is 0 Å². The van der Waals surface area contributed by atoms with Crippen LogP contribution in [-0.2, 0) is 9.47 Å². The summed E-state index contributed by atoms with van der Waals surface area (Å²) in [4.78, 5) is 4.64. The van der Waals surface area contributed by atoms with Gasteiger partial charge in [0, 0.05) is 51.7 Å². The summed E-state index contributed by atoms with van der Waals surface area (Å²) in [5.41, 5.74) is 2.23. The van der Waals surface area contributed by atoms with Gasteiger partial charge in [0.25, 0.3) is 0 Å². The number of ether oxygens (including phenoxy) is 2. The van der Waals surface area contributed by atoms with Crippen LogP contribution in [0.5, 0.6) is 0 Å². The van der Waals surface area contributed by atoms with Crippen LogP contribution >= 0.6 is 0 Å². The molecule has 6 nitrogen and oxygen atoms in total. The Labute approximate surface area is 144 Å². The average molecular weight is 332 g/mol. The maximum Gasteiger partial charge on any atom is 0.0642 e. The van der Waals surface area contributed by atoms with Crippen molar-refractivity contribution in [2.45, 2.75) is 0 Å². The van der Waals surface area contributed by atoms with Crippen molar-refractivity contribution in [3.8, 4) is 0 Å². The third-order valence-corrected chi connectivity index (χ3v) is 4.34. The van der Waals surface area contributed by atoms with E-state index in [1.807, 2.05) is 6.20 Å². The number of nitrogens with zero attached hydrogens (tertiary/aromatic N) is 2. The van der Waals surface area contributed by atoms with E-state index in [0.717, 1.165) is 77.1 Å². The van der Waals surface area contributed by atoms with Crippen molar-refractivity contribution in [1.29, 1.82) is 0 Å². The lowest BCUT2D eigenvalue weighted by Crippen LogP contribution is -2.36. The highest BCUT2D eigenvalue weighted by Gasteiger charge is 2.09. The van der Waals surface area contributed by atoms with Gasteiger partial charge in [0.15, 0.2) is 0 Å². The van der Waals surface area contributed by atoms with Gasteiger partial charge in [-0.2, -0.15) is 0 Å². The molecule has 1 aromatic rings. The number of anilines is 2. The molecule has 0 unspecified atom stereocenters. The summed E-state index contributed by atoms with van der Waals surface area (Å²) in [6.45, 7) is 8.54. The Kier molecular flexibility index (Phi) is 6.77. The minimum atomic E-state index is 0.743. The molecular weight excluding hydrogens is 304 g/mol. The van der Waals surface area contributed by atoms with E-state index in [1.54, 1.807) is 0 Å². The van der Waals surface area contributed by atoms with E-state index in [2.05, 4.69) is 50.9 Å². The minimum Gasteiger partial charge on any atom is -0.382 e. The van der Waals surface area contributed by atoms with E-state index in [-0.39, 0.29) is 0 Å². The van der Waals surface area contributed by atoms with Gasteiger partial charge in [0.1, 0.15) is 0 Å². The summed E-state index contributed by atoms with van der Waals surface area (Å²) >= 11 is 0. The second kappa shape index (κ2) is 9.52. The summed E-state index contributed by atoms with van der Waals surface area (Å²) < 4.78 is 11.6. The van der Waals surface area contributed by atoms with Gasteiger partial charge in [-0.15, -0.1) is 0 Å². The van der Waals surface area contributed by atoms with Crippen molar-refractivity contribution in [2.75, 3.05) is 76.3 Å². The molecule has 3 aliphatic rings. The van der Waals surface area contributed by atoms with Crippen molar-refractivity contribution in [3.05, 3.63) is 36.7 Å². The second-order valence-electron chi connectivity index (χ2n) is 6.03. The van der Waals surface area contributed by atoms with Crippen molar-refractivity contribution >= 4 is 11.4 Å². The maximum atomic E-state index is 5.81. The number of fused-ring (bicyclic) bond motifs is 11. The molecule has 0 amide bonds. The Morgan fingerprint density at radius 2 is 1.46 bits per heavy atom. The Bertz CT molecular complexity index is 509. The van der Waals surface area contributed by atoms with Gasteiger partial charge < -0.3 is 25.0 Å². The normalized spacial score (nSPS) is 22.6. The summed E-state index contributed by atoms with van der Waals surface area (Å²) in [5.74, 6) is 0. The van der Waals surface area contributed by atoms with Crippen LogP contribution in [0.2, 0.25) is 0 Å². The molecule has 0 saturated carbocycles. The Hall–Kier alpha value is -1.76. The summed E-state index contributed by atoms with van der Waals surface area (Å²) in [6, 6.07) is 8.32. The van der Waals surface area contributed by atoms with Gasteiger partial charge in [0.05, 0.1) is 37.8 Å².